The minimum Gasteiger partial charge on any atom is -0.183 e. The molecule has 0 fully saturated rings. The van der Waals surface area contributed by atoms with Gasteiger partial charge in [-0.25, -0.2) is 0 Å². The predicted octanol–water partition coefficient (Wildman–Crippen LogP) is 5.31. The summed E-state index contributed by atoms with van der Waals surface area (Å²) in [6, 6.07) is 0. The van der Waals surface area contributed by atoms with E-state index in [2.05, 4.69) is 0 Å². The summed E-state index contributed by atoms with van der Waals surface area (Å²) in [7, 11) is 19.8. The first-order chi connectivity index (χ1) is 20.1. The molecule has 0 amide bonds. The summed E-state index contributed by atoms with van der Waals surface area (Å²) in [6.07, 6.45) is 0. The molecule has 0 unspecified atom stereocenters. The van der Waals surface area contributed by atoms with Crippen LogP contribution in [-0.4, -0.2) is 128 Å². The molecule has 0 aliphatic rings. The second-order valence-corrected chi connectivity index (χ2v) is 15.5. The van der Waals surface area contributed by atoms with E-state index in [9.17, 15) is 0 Å². The average Bonchev–Trinajstić information content (AvgIpc) is 3.04. The summed E-state index contributed by atoms with van der Waals surface area (Å²) in [5, 5.41) is 0. The van der Waals surface area contributed by atoms with Crippen LogP contribution in [0.4, 0.5) is 0 Å². The Hall–Kier alpha value is 2.55. The van der Waals surface area contributed by atoms with E-state index in [-0.39, 0.29) is 21.1 Å². The zero-order chi connectivity index (χ0) is 34.2. The molecule has 0 rings (SSSR count). The third kappa shape index (κ3) is 54.3. The van der Waals surface area contributed by atoms with Crippen LogP contribution in [0.5, 0.6) is 0 Å². The average molecular weight is 846 g/mol. The molecule has 0 aromatic rings. The van der Waals surface area contributed by atoms with Gasteiger partial charge in [-0.1, -0.05) is 0 Å². The van der Waals surface area contributed by atoms with Crippen molar-refractivity contribution in [3.63, 3.8) is 0 Å². The number of hydrogen-bond donors (Lipinski definition) is 0. The largest absolute Gasteiger partial charge is 0.397 e. The molecule has 0 N–H and O–H groups in total. The first-order valence-electron chi connectivity index (χ1n) is 11.0. The van der Waals surface area contributed by atoms with Crippen LogP contribution in [0.1, 0.15) is 0 Å². The van der Waals surface area contributed by atoms with E-state index < -0.39 is 51.6 Å². The molecule has 0 aromatic heterocycles. The molecule has 25 heteroatoms. The van der Waals surface area contributed by atoms with Gasteiger partial charge in [0, 0.05) is 21.1 Å². The molecule has 0 heterocycles. The van der Waals surface area contributed by atoms with Gasteiger partial charge in [-0.05, 0) is 0 Å². The summed E-state index contributed by atoms with van der Waals surface area (Å²) in [5.41, 5.74) is 0. The van der Waals surface area contributed by atoms with E-state index in [1.165, 1.54) is 0 Å². The molecule has 18 nitrogen and oxygen atoms in total. The van der Waals surface area contributed by atoms with Crippen LogP contribution < -0.4 is 0 Å². The Morgan fingerprint density at radius 3 is 0.209 bits per heavy atom. The zero-order valence-corrected chi connectivity index (χ0v) is 36.8. The summed E-state index contributed by atoms with van der Waals surface area (Å²) in [4.78, 5) is 0. The first-order valence-corrected chi connectivity index (χ1v) is 18.4. The Bertz CT molecular complexity index is 290. The molecule has 0 atom stereocenters. The monoisotopic (exact) mass is 848 g/mol. The smallest absolute Gasteiger partial charge is 0.183 e. The molecule has 0 saturated carbocycles. The van der Waals surface area contributed by atoms with Crippen molar-refractivity contribution in [2.75, 3.05) is 128 Å². The minimum atomic E-state index is -1.36. The van der Waals surface area contributed by atoms with Crippen LogP contribution in [0.15, 0.2) is 0 Å². The standard InChI is InChI=1S/6C3H10O3P.Mo/c6*1-4-7(5-2)6-3;/h6*7H,1-3H3;/q6*+1;. The van der Waals surface area contributed by atoms with Crippen LogP contribution in [-0.2, 0) is 102 Å². The van der Waals surface area contributed by atoms with Crippen molar-refractivity contribution in [2.24, 2.45) is 0 Å². The molecule has 0 spiro atoms. The summed E-state index contributed by atoms with van der Waals surface area (Å²) < 4.78 is 84.7. The molecular formula is C18H60MoO18P6+6. The van der Waals surface area contributed by atoms with E-state index >= 15 is 0 Å². The molecule has 0 aliphatic heterocycles. The van der Waals surface area contributed by atoms with Crippen LogP contribution in [0, 0.1) is 0 Å². The van der Waals surface area contributed by atoms with Crippen molar-refractivity contribution >= 4 is 51.6 Å². The van der Waals surface area contributed by atoms with Gasteiger partial charge < -0.3 is 0 Å². The molecule has 270 valence electrons. The van der Waals surface area contributed by atoms with Gasteiger partial charge in [-0.3, -0.25) is 0 Å². The van der Waals surface area contributed by atoms with Crippen molar-refractivity contribution in [1.29, 1.82) is 0 Å². The van der Waals surface area contributed by atoms with Crippen molar-refractivity contribution < 1.29 is 102 Å². The molecule has 0 aliphatic carbocycles. The van der Waals surface area contributed by atoms with E-state index in [4.69, 9.17) is 81.4 Å². The fraction of sp³-hybridized carbons (Fsp3) is 1.00. The van der Waals surface area contributed by atoms with Crippen LogP contribution in [0.25, 0.3) is 0 Å². The van der Waals surface area contributed by atoms with E-state index in [1.54, 1.807) is 128 Å². The quantitative estimate of drug-likeness (QED) is 0.129. The maximum atomic E-state index is 4.71. The number of hydrogen-bond acceptors (Lipinski definition) is 18. The normalized spacial score (nSPS) is 10.0. The number of rotatable bonds is 18. The fourth-order valence-electron chi connectivity index (χ4n) is 1.50. The van der Waals surface area contributed by atoms with Crippen molar-refractivity contribution in [2.45, 2.75) is 0 Å². The molecule has 0 bridgehead atoms. The third-order valence-electron chi connectivity index (χ3n) is 3.00. The van der Waals surface area contributed by atoms with Gasteiger partial charge in [0.05, 0.1) is 128 Å². The summed E-state index contributed by atoms with van der Waals surface area (Å²) in [6.45, 7) is 0. The molecular weight excluding hydrogens is 786 g/mol. The zero-order valence-electron chi connectivity index (χ0n) is 28.8. The van der Waals surface area contributed by atoms with E-state index in [1.807, 2.05) is 0 Å². The molecule has 43 heavy (non-hydrogen) atoms. The summed E-state index contributed by atoms with van der Waals surface area (Å²) >= 11 is 0. The predicted molar refractivity (Wildman–Crippen MR) is 176 cm³/mol. The third-order valence-corrected chi connectivity index (χ3v) is 9.00. The van der Waals surface area contributed by atoms with Crippen molar-refractivity contribution in [1.82, 2.24) is 0 Å². The molecule has 0 radical (unpaired) electrons. The molecule has 0 saturated heterocycles. The Labute approximate surface area is 281 Å². The van der Waals surface area contributed by atoms with E-state index in [0.29, 0.717) is 0 Å². The fourth-order valence-corrected chi connectivity index (χ4v) is 4.50. The van der Waals surface area contributed by atoms with Crippen LogP contribution >= 0.6 is 51.6 Å². The van der Waals surface area contributed by atoms with Crippen LogP contribution in [0.3, 0.4) is 0 Å². The Balaban J connectivity index is -0.0000000720. The van der Waals surface area contributed by atoms with E-state index in [0.717, 1.165) is 0 Å². The minimum absolute atomic E-state index is 0. The van der Waals surface area contributed by atoms with Gasteiger partial charge in [0.2, 0.25) is 0 Å². The van der Waals surface area contributed by atoms with Gasteiger partial charge in [-0.15, -0.1) is 0 Å². The van der Waals surface area contributed by atoms with Gasteiger partial charge in [0.15, 0.2) is 0 Å². The van der Waals surface area contributed by atoms with Crippen molar-refractivity contribution in [3.05, 3.63) is 0 Å². The van der Waals surface area contributed by atoms with Gasteiger partial charge in [0.25, 0.3) is 0 Å². The maximum Gasteiger partial charge on any atom is 0.397 e. The van der Waals surface area contributed by atoms with Gasteiger partial charge in [-0.2, -0.15) is 81.4 Å². The SMILES string of the molecule is CO[PH+](OC)OC.CO[PH+](OC)OC.CO[PH+](OC)OC.CO[PH+](OC)OC.CO[PH+](OC)OC.CO[PH+](OC)OC.[Mo]. The van der Waals surface area contributed by atoms with Gasteiger partial charge in [0.1, 0.15) is 0 Å². The Morgan fingerprint density at radius 2 is 0.209 bits per heavy atom. The van der Waals surface area contributed by atoms with Gasteiger partial charge >= 0.3 is 51.6 Å². The topological polar surface area (TPSA) is 166 Å². The Morgan fingerprint density at radius 1 is 0.163 bits per heavy atom. The first kappa shape index (κ1) is 60.8. The second-order valence-electron chi connectivity index (χ2n) is 5.17. The molecule has 0 aromatic carbocycles. The summed E-state index contributed by atoms with van der Waals surface area (Å²) in [5.74, 6) is 0. The Kier molecular flexibility index (Phi) is 80.4. The second kappa shape index (κ2) is 56.9. The van der Waals surface area contributed by atoms with Crippen LogP contribution in [0.2, 0.25) is 0 Å². The maximum absolute atomic E-state index is 4.71. The van der Waals surface area contributed by atoms with Crippen molar-refractivity contribution in [3.8, 4) is 0 Å².